The van der Waals surface area contributed by atoms with Gasteiger partial charge in [0.05, 0.1) is 0 Å². The Kier molecular flexibility index (Phi) is 4.56. The fraction of sp³-hybridized carbons (Fsp3) is 0.231. The molecule has 1 aliphatic rings. The molecule has 0 unspecified atom stereocenters. The van der Waals surface area contributed by atoms with Crippen molar-refractivity contribution in [2.24, 2.45) is 0 Å². The Labute approximate surface area is 86.2 Å². The zero-order valence-electron chi connectivity index (χ0n) is 8.66. The second-order valence-corrected chi connectivity index (χ2v) is 3.30. The third-order valence-corrected chi connectivity index (χ3v) is 2.04. The molecule has 1 N–H and O–H groups in total. The summed E-state index contributed by atoms with van der Waals surface area (Å²) in [4.78, 5) is 0. The van der Waals surface area contributed by atoms with Crippen molar-refractivity contribution in [2.75, 3.05) is 0 Å². The molecule has 0 amide bonds. The minimum absolute atomic E-state index is 1.15. The average Bonchev–Trinajstić information content (AvgIpc) is 2.25. The largest absolute Gasteiger partial charge is 0.368 e. The molecular weight excluding hydrogens is 170 g/mol. The van der Waals surface area contributed by atoms with Gasteiger partial charge in [-0.15, -0.1) is 0 Å². The van der Waals surface area contributed by atoms with E-state index in [4.69, 9.17) is 0 Å². The molecule has 14 heavy (non-hydrogen) atoms. The van der Waals surface area contributed by atoms with E-state index in [0.29, 0.717) is 0 Å². The van der Waals surface area contributed by atoms with Crippen LogP contribution < -0.4 is 5.32 Å². The van der Waals surface area contributed by atoms with Crippen molar-refractivity contribution in [3.05, 3.63) is 60.5 Å². The number of allylic oxidation sites excluding steroid dienone is 7. The van der Waals surface area contributed by atoms with Gasteiger partial charge >= 0.3 is 0 Å². The van der Waals surface area contributed by atoms with Crippen molar-refractivity contribution in [3.8, 4) is 0 Å². The quantitative estimate of drug-likeness (QED) is 0.665. The molecule has 0 saturated heterocycles. The topological polar surface area (TPSA) is 12.0 Å². The van der Waals surface area contributed by atoms with Gasteiger partial charge in [0.1, 0.15) is 0 Å². The molecule has 1 heteroatoms. The van der Waals surface area contributed by atoms with Gasteiger partial charge in [-0.1, -0.05) is 37.0 Å². The molecule has 0 atom stereocenters. The zero-order valence-corrected chi connectivity index (χ0v) is 8.66. The Morgan fingerprint density at radius 2 is 2.43 bits per heavy atom. The van der Waals surface area contributed by atoms with E-state index in [1.54, 1.807) is 6.20 Å². The lowest BCUT2D eigenvalue weighted by atomic mass is 10.0. The summed E-state index contributed by atoms with van der Waals surface area (Å²) >= 11 is 0. The normalized spacial score (nSPS) is 16.9. The van der Waals surface area contributed by atoms with Crippen molar-refractivity contribution in [3.63, 3.8) is 0 Å². The summed E-state index contributed by atoms with van der Waals surface area (Å²) in [6.45, 7) is 5.64. The van der Waals surface area contributed by atoms with Crippen LogP contribution in [0.1, 0.15) is 19.8 Å². The molecule has 0 saturated carbocycles. The maximum absolute atomic E-state index is 3.58. The van der Waals surface area contributed by atoms with Crippen molar-refractivity contribution >= 4 is 0 Å². The van der Waals surface area contributed by atoms with Gasteiger partial charge in [-0.2, -0.15) is 0 Å². The number of hydrogen-bond acceptors (Lipinski definition) is 1. The van der Waals surface area contributed by atoms with Crippen LogP contribution in [0.2, 0.25) is 0 Å². The molecule has 0 bridgehead atoms. The van der Waals surface area contributed by atoms with E-state index < -0.39 is 0 Å². The maximum atomic E-state index is 3.58. The van der Waals surface area contributed by atoms with E-state index >= 15 is 0 Å². The van der Waals surface area contributed by atoms with E-state index in [2.05, 4.69) is 49.2 Å². The molecule has 0 aromatic heterocycles. The fourth-order valence-electron chi connectivity index (χ4n) is 1.24. The minimum atomic E-state index is 1.15. The van der Waals surface area contributed by atoms with Gasteiger partial charge in [0.2, 0.25) is 0 Å². The lowest BCUT2D eigenvalue weighted by molar-refractivity contribution is 0.990. The molecule has 0 radical (unpaired) electrons. The Bertz CT molecular complexity index is 303. The molecular formula is C13H17N. The summed E-state index contributed by atoms with van der Waals surface area (Å²) in [5, 5.41) is 2.95. The van der Waals surface area contributed by atoms with Crippen LogP contribution in [0.15, 0.2) is 60.5 Å². The lowest BCUT2D eigenvalue weighted by Crippen LogP contribution is -1.91. The summed E-state index contributed by atoms with van der Waals surface area (Å²) in [5.74, 6) is 0. The SMILES string of the molecule is C=CN/C=C(C)\C=C/C1=CC=CCC1. The number of hydrogen-bond donors (Lipinski definition) is 1. The van der Waals surface area contributed by atoms with Gasteiger partial charge < -0.3 is 5.32 Å². The van der Waals surface area contributed by atoms with Crippen molar-refractivity contribution < 1.29 is 0 Å². The van der Waals surface area contributed by atoms with Crippen LogP contribution >= 0.6 is 0 Å². The number of rotatable bonds is 4. The van der Waals surface area contributed by atoms with Crippen LogP contribution in [-0.4, -0.2) is 0 Å². The summed E-state index contributed by atoms with van der Waals surface area (Å²) < 4.78 is 0. The molecule has 0 fully saturated rings. The first-order valence-electron chi connectivity index (χ1n) is 4.90. The van der Waals surface area contributed by atoms with E-state index in [9.17, 15) is 0 Å². The van der Waals surface area contributed by atoms with Gasteiger partial charge in [0, 0.05) is 6.20 Å². The smallest absolute Gasteiger partial charge is 0.00337 e. The number of nitrogens with one attached hydrogen (secondary N) is 1. The van der Waals surface area contributed by atoms with Crippen LogP contribution in [0.25, 0.3) is 0 Å². The van der Waals surface area contributed by atoms with Gasteiger partial charge in [0.25, 0.3) is 0 Å². The van der Waals surface area contributed by atoms with E-state index in [1.807, 2.05) is 6.20 Å². The molecule has 0 aromatic carbocycles. The lowest BCUT2D eigenvalue weighted by Gasteiger charge is -2.02. The Hall–Kier alpha value is -1.50. The monoisotopic (exact) mass is 187 g/mol. The van der Waals surface area contributed by atoms with Crippen LogP contribution in [0.3, 0.4) is 0 Å². The van der Waals surface area contributed by atoms with E-state index in [1.165, 1.54) is 11.1 Å². The van der Waals surface area contributed by atoms with Crippen molar-refractivity contribution in [2.45, 2.75) is 19.8 Å². The standard InChI is InChI=1S/C13H17N/c1-3-14-11-12(2)9-10-13-7-5-4-6-8-13/h3-5,7,9-11,14H,1,6,8H2,2H3/b10-9-,12-11-. The van der Waals surface area contributed by atoms with Crippen LogP contribution in [0.5, 0.6) is 0 Å². The highest BCUT2D eigenvalue weighted by Gasteiger charge is 1.93. The van der Waals surface area contributed by atoms with Crippen LogP contribution in [-0.2, 0) is 0 Å². The molecule has 1 nitrogen and oxygen atoms in total. The highest BCUT2D eigenvalue weighted by molar-refractivity contribution is 5.31. The van der Waals surface area contributed by atoms with Crippen molar-refractivity contribution in [1.29, 1.82) is 0 Å². The summed E-state index contributed by atoms with van der Waals surface area (Å²) in [6, 6.07) is 0. The molecule has 0 aliphatic heterocycles. The van der Waals surface area contributed by atoms with Crippen LogP contribution in [0.4, 0.5) is 0 Å². The van der Waals surface area contributed by atoms with E-state index in [-0.39, 0.29) is 0 Å². The van der Waals surface area contributed by atoms with Crippen molar-refractivity contribution in [1.82, 2.24) is 5.32 Å². The molecule has 74 valence electrons. The van der Waals surface area contributed by atoms with Gasteiger partial charge in [-0.05, 0) is 37.1 Å². The first-order valence-corrected chi connectivity index (χ1v) is 4.90. The molecule has 0 spiro atoms. The van der Waals surface area contributed by atoms with Gasteiger partial charge in [-0.25, -0.2) is 0 Å². The molecule has 1 aliphatic carbocycles. The Balaban J connectivity index is 2.49. The molecule has 1 rings (SSSR count). The summed E-state index contributed by atoms with van der Waals surface area (Å²) in [5.41, 5.74) is 2.58. The first-order chi connectivity index (χ1) is 6.83. The van der Waals surface area contributed by atoms with E-state index in [0.717, 1.165) is 12.8 Å². The second-order valence-electron chi connectivity index (χ2n) is 3.30. The third-order valence-electron chi connectivity index (χ3n) is 2.04. The minimum Gasteiger partial charge on any atom is -0.368 e. The Morgan fingerprint density at radius 1 is 1.57 bits per heavy atom. The average molecular weight is 187 g/mol. The molecule has 0 aromatic rings. The predicted molar refractivity (Wildman–Crippen MR) is 62.7 cm³/mol. The second kappa shape index (κ2) is 6.03. The maximum Gasteiger partial charge on any atom is 0.00337 e. The summed E-state index contributed by atoms with van der Waals surface area (Å²) in [7, 11) is 0. The predicted octanol–water partition coefficient (Wildman–Crippen LogP) is 3.46. The van der Waals surface area contributed by atoms with Gasteiger partial charge in [-0.3, -0.25) is 0 Å². The fourth-order valence-corrected chi connectivity index (χ4v) is 1.24. The highest BCUT2D eigenvalue weighted by Crippen LogP contribution is 2.13. The molecule has 0 heterocycles. The zero-order chi connectivity index (χ0) is 10.2. The highest BCUT2D eigenvalue weighted by atomic mass is 14.8. The third kappa shape index (κ3) is 3.94. The first kappa shape index (κ1) is 10.6. The van der Waals surface area contributed by atoms with Crippen LogP contribution in [0, 0.1) is 0 Å². The Morgan fingerprint density at radius 3 is 3.07 bits per heavy atom. The summed E-state index contributed by atoms with van der Waals surface area (Å²) in [6.07, 6.45) is 16.7. The van der Waals surface area contributed by atoms with Gasteiger partial charge in [0.15, 0.2) is 0 Å².